The van der Waals surface area contributed by atoms with Gasteiger partial charge < -0.3 is 10.2 Å². The summed E-state index contributed by atoms with van der Waals surface area (Å²) in [5.74, 6) is 1.23. The van der Waals surface area contributed by atoms with Crippen molar-refractivity contribution >= 4 is 11.8 Å². The van der Waals surface area contributed by atoms with Gasteiger partial charge in [-0.15, -0.1) is 0 Å². The minimum Gasteiger partial charge on any atom is -0.353 e. The second kappa shape index (κ2) is 7.05. The van der Waals surface area contributed by atoms with Crippen LogP contribution in [-0.2, 0) is 16.0 Å². The predicted molar refractivity (Wildman–Crippen MR) is 102 cm³/mol. The molecule has 140 valence electrons. The van der Waals surface area contributed by atoms with Crippen LogP contribution < -0.4 is 5.32 Å². The normalized spacial score (nSPS) is 28.6. The van der Waals surface area contributed by atoms with Crippen LogP contribution in [0.4, 0.5) is 0 Å². The van der Waals surface area contributed by atoms with E-state index in [2.05, 4.69) is 29.3 Å². The maximum absolute atomic E-state index is 12.4. The molecule has 1 aromatic carbocycles. The van der Waals surface area contributed by atoms with Gasteiger partial charge in [-0.3, -0.25) is 9.59 Å². The average molecular weight is 354 g/mol. The van der Waals surface area contributed by atoms with Crippen LogP contribution in [0.15, 0.2) is 24.3 Å². The molecule has 0 unspecified atom stereocenters. The molecule has 3 fully saturated rings. The molecular formula is C22H30N2O2. The average Bonchev–Trinajstić information content (AvgIpc) is 3.40. The Balaban J connectivity index is 1.29. The first-order valence-corrected chi connectivity index (χ1v) is 10.2. The van der Waals surface area contributed by atoms with E-state index < -0.39 is 0 Å². The zero-order chi connectivity index (χ0) is 18.1. The summed E-state index contributed by atoms with van der Waals surface area (Å²) in [6, 6.07) is 8.43. The maximum atomic E-state index is 12.4. The lowest BCUT2D eigenvalue weighted by atomic mass is 9.77. The van der Waals surface area contributed by atoms with Crippen LogP contribution in [0.3, 0.4) is 0 Å². The van der Waals surface area contributed by atoms with Gasteiger partial charge >= 0.3 is 0 Å². The second-order valence-corrected chi connectivity index (χ2v) is 8.68. The van der Waals surface area contributed by atoms with Crippen molar-refractivity contribution in [1.82, 2.24) is 10.2 Å². The summed E-state index contributed by atoms with van der Waals surface area (Å²) in [6.07, 6.45) is 8.84. The number of aryl methyl sites for hydroxylation is 1. The molecule has 4 heteroatoms. The highest BCUT2D eigenvalue weighted by molar-refractivity contribution is 5.80. The molecule has 4 rings (SSSR count). The first-order valence-electron chi connectivity index (χ1n) is 10.2. The number of carbonyl (C=O) groups is 2. The number of nitrogens with zero attached hydrogens (tertiary/aromatic N) is 1. The number of hydrogen-bond donors (Lipinski definition) is 1. The summed E-state index contributed by atoms with van der Waals surface area (Å²) in [5.41, 5.74) is 2.38. The largest absolute Gasteiger partial charge is 0.353 e. The fourth-order valence-corrected chi connectivity index (χ4v) is 4.72. The summed E-state index contributed by atoms with van der Waals surface area (Å²) in [5, 5.41) is 3.23. The van der Waals surface area contributed by atoms with Crippen molar-refractivity contribution in [2.45, 2.75) is 76.3 Å². The molecule has 4 nitrogen and oxygen atoms in total. The number of nitrogens with one attached hydrogen (secondary N) is 1. The van der Waals surface area contributed by atoms with E-state index >= 15 is 0 Å². The Labute approximate surface area is 156 Å². The monoisotopic (exact) mass is 354 g/mol. The van der Waals surface area contributed by atoms with Gasteiger partial charge in [-0.1, -0.05) is 29.8 Å². The van der Waals surface area contributed by atoms with Gasteiger partial charge in [-0.2, -0.15) is 0 Å². The van der Waals surface area contributed by atoms with E-state index in [0.29, 0.717) is 12.3 Å². The molecule has 0 aromatic heterocycles. The Morgan fingerprint density at radius 2 is 1.81 bits per heavy atom. The zero-order valence-corrected chi connectivity index (χ0v) is 15.8. The Morgan fingerprint density at radius 3 is 2.46 bits per heavy atom. The van der Waals surface area contributed by atoms with Crippen LogP contribution in [0.25, 0.3) is 0 Å². The van der Waals surface area contributed by atoms with Gasteiger partial charge in [0.15, 0.2) is 0 Å². The van der Waals surface area contributed by atoms with Crippen LogP contribution in [0.1, 0.15) is 62.5 Å². The quantitative estimate of drug-likeness (QED) is 0.881. The standard InChI is InChI=1S/C22H30N2O2/c1-16-2-4-17(5-3-16)14-20(25)23-19-8-11-22(12-9-19)13-10-21(26)24(22)15-18-6-7-18/h2-5,18-19H,6-15H2,1H3,(H,23,25). The molecule has 1 N–H and O–H groups in total. The molecular weight excluding hydrogens is 324 g/mol. The molecule has 1 aliphatic heterocycles. The van der Waals surface area contributed by atoms with Crippen LogP contribution in [0.5, 0.6) is 0 Å². The van der Waals surface area contributed by atoms with Crippen molar-refractivity contribution < 1.29 is 9.59 Å². The van der Waals surface area contributed by atoms with E-state index in [1.165, 1.54) is 18.4 Å². The van der Waals surface area contributed by atoms with Crippen LogP contribution >= 0.6 is 0 Å². The highest BCUT2D eigenvalue weighted by Crippen LogP contribution is 2.44. The van der Waals surface area contributed by atoms with Gasteiger partial charge in [-0.05, 0) is 63.4 Å². The third-order valence-electron chi connectivity index (χ3n) is 6.58. The van der Waals surface area contributed by atoms with E-state index in [1.54, 1.807) is 0 Å². The number of carbonyl (C=O) groups excluding carboxylic acids is 2. The van der Waals surface area contributed by atoms with Crippen molar-refractivity contribution in [1.29, 1.82) is 0 Å². The predicted octanol–water partition coefficient (Wildman–Crippen LogP) is 3.37. The fourth-order valence-electron chi connectivity index (χ4n) is 4.72. The molecule has 1 heterocycles. The smallest absolute Gasteiger partial charge is 0.224 e. The first kappa shape index (κ1) is 17.6. The first-order chi connectivity index (χ1) is 12.5. The van der Waals surface area contributed by atoms with E-state index in [4.69, 9.17) is 0 Å². The number of benzene rings is 1. The Hall–Kier alpha value is -1.84. The summed E-state index contributed by atoms with van der Waals surface area (Å²) >= 11 is 0. The van der Waals surface area contributed by atoms with Gasteiger partial charge in [0.25, 0.3) is 0 Å². The van der Waals surface area contributed by atoms with Crippen molar-refractivity contribution in [3.05, 3.63) is 35.4 Å². The van der Waals surface area contributed by atoms with E-state index in [9.17, 15) is 9.59 Å². The topological polar surface area (TPSA) is 49.4 Å². The van der Waals surface area contributed by atoms with E-state index in [-0.39, 0.29) is 17.5 Å². The van der Waals surface area contributed by atoms with Crippen molar-refractivity contribution in [2.24, 2.45) is 5.92 Å². The van der Waals surface area contributed by atoms with E-state index in [1.807, 2.05) is 12.1 Å². The Kier molecular flexibility index (Phi) is 4.76. The number of amides is 2. The Bertz CT molecular complexity index is 670. The molecule has 2 aliphatic carbocycles. The molecule has 1 aromatic rings. The second-order valence-electron chi connectivity index (χ2n) is 8.68. The van der Waals surface area contributed by atoms with E-state index in [0.717, 1.165) is 56.6 Å². The number of hydrogen-bond acceptors (Lipinski definition) is 2. The zero-order valence-electron chi connectivity index (χ0n) is 15.8. The number of rotatable bonds is 5. The highest BCUT2D eigenvalue weighted by Gasteiger charge is 2.48. The van der Waals surface area contributed by atoms with Crippen LogP contribution in [0, 0.1) is 12.8 Å². The Morgan fingerprint density at radius 1 is 1.12 bits per heavy atom. The molecule has 2 saturated carbocycles. The van der Waals surface area contributed by atoms with Crippen molar-refractivity contribution in [3.63, 3.8) is 0 Å². The molecule has 0 radical (unpaired) electrons. The van der Waals surface area contributed by atoms with Gasteiger partial charge in [0.1, 0.15) is 0 Å². The lowest BCUT2D eigenvalue weighted by Gasteiger charge is -2.44. The van der Waals surface area contributed by atoms with Gasteiger partial charge in [0.05, 0.1) is 6.42 Å². The summed E-state index contributed by atoms with van der Waals surface area (Å²) in [6.45, 7) is 3.03. The molecule has 3 aliphatic rings. The summed E-state index contributed by atoms with van der Waals surface area (Å²) < 4.78 is 0. The van der Waals surface area contributed by atoms with Crippen molar-refractivity contribution in [3.8, 4) is 0 Å². The SMILES string of the molecule is Cc1ccc(CC(=O)NC2CCC3(CCC(=O)N3CC3CC3)CC2)cc1. The van der Waals surface area contributed by atoms with Crippen LogP contribution in [-0.4, -0.2) is 34.8 Å². The summed E-state index contributed by atoms with van der Waals surface area (Å²) in [7, 11) is 0. The lowest BCUT2D eigenvalue weighted by molar-refractivity contribution is -0.133. The van der Waals surface area contributed by atoms with Gasteiger partial charge in [0.2, 0.25) is 11.8 Å². The van der Waals surface area contributed by atoms with Gasteiger partial charge in [-0.25, -0.2) is 0 Å². The van der Waals surface area contributed by atoms with Crippen molar-refractivity contribution in [2.75, 3.05) is 6.54 Å². The summed E-state index contributed by atoms with van der Waals surface area (Å²) in [4.78, 5) is 26.9. The van der Waals surface area contributed by atoms with Gasteiger partial charge in [0, 0.05) is 24.5 Å². The van der Waals surface area contributed by atoms with Crippen LogP contribution in [0.2, 0.25) is 0 Å². The lowest BCUT2D eigenvalue weighted by Crippen LogP contribution is -2.52. The molecule has 26 heavy (non-hydrogen) atoms. The third kappa shape index (κ3) is 3.79. The maximum Gasteiger partial charge on any atom is 0.224 e. The molecule has 1 saturated heterocycles. The number of likely N-dealkylation sites (tertiary alicyclic amines) is 1. The molecule has 0 atom stereocenters. The molecule has 0 bridgehead atoms. The minimum absolute atomic E-state index is 0.0951. The highest BCUT2D eigenvalue weighted by atomic mass is 16.2. The molecule has 2 amide bonds. The molecule has 1 spiro atoms. The minimum atomic E-state index is 0.0951. The fraction of sp³-hybridized carbons (Fsp3) is 0.636. The third-order valence-corrected chi connectivity index (χ3v) is 6.58.